The molecular formula is C18H15BrClN3O4. The summed E-state index contributed by atoms with van der Waals surface area (Å²) in [5, 5.41) is 12.9. The van der Waals surface area contributed by atoms with E-state index in [-0.39, 0.29) is 11.7 Å². The van der Waals surface area contributed by atoms with Gasteiger partial charge in [0.15, 0.2) is 0 Å². The fourth-order valence-corrected chi connectivity index (χ4v) is 3.45. The van der Waals surface area contributed by atoms with Crippen LogP contribution in [0.5, 0.6) is 5.75 Å². The zero-order valence-corrected chi connectivity index (χ0v) is 16.4. The van der Waals surface area contributed by atoms with Crippen molar-refractivity contribution in [1.82, 2.24) is 10.4 Å². The summed E-state index contributed by atoms with van der Waals surface area (Å²) < 4.78 is 0.707. The van der Waals surface area contributed by atoms with E-state index in [0.717, 1.165) is 5.01 Å². The Morgan fingerprint density at radius 1 is 1.19 bits per heavy atom. The van der Waals surface area contributed by atoms with Gasteiger partial charge >= 0.3 is 0 Å². The van der Waals surface area contributed by atoms with Gasteiger partial charge in [0.1, 0.15) is 17.2 Å². The van der Waals surface area contributed by atoms with Gasteiger partial charge in [0.2, 0.25) is 5.91 Å². The number of hydrogen-bond acceptors (Lipinski definition) is 4. The molecule has 0 saturated carbocycles. The molecule has 2 aromatic rings. The maximum Gasteiger partial charge on any atom is 0.269 e. The highest BCUT2D eigenvalue weighted by atomic mass is 79.9. The number of β-lactam (4-membered cyclic amide) rings is 1. The Morgan fingerprint density at radius 2 is 1.85 bits per heavy atom. The van der Waals surface area contributed by atoms with Crippen LogP contribution < -0.4 is 10.7 Å². The number of benzene rings is 2. The molecule has 9 heteroatoms. The fourth-order valence-electron chi connectivity index (χ4n) is 2.72. The van der Waals surface area contributed by atoms with E-state index in [1.54, 1.807) is 24.3 Å². The molecule has 0 radical (unpaired) electrons. The first-order valence-electron chi connectivity index (χ1n) is 7.92. The molecule has 1 fully saturated rings. The summed E-state index contributed by atoms with van der Waals surface area (Å²) >= 11 is 9.42. The topological polar surface area (TPSA) is 98.7 Å². The van der Waals surface area contributed by atoms with Gasteiger partial charge in [-0.3, -0.25) is 19.8 Å². The Hall–Kier alpha value is -2.58. The molecule has 1 saturated heterocycles. The third kappa shape index (κ3) is 3.91. The van der Waals surface area contributed by atoms with Crippen molar-refractivity contribution in [3.63, 3.8) is 0 Å². The van der Waals surface area contributed by atoms with E-state index < -0.39 is 23.2 Å². The number of rotatable bonds is 4. The number of nitrogens with zero attached hydrogens (tertiary/aromatic N) is 1. The Balaban J connectivity index is 1.77. The average molecular weight is 453 g/mol. The summed E-state index contributed by atoms with van der Waals surface area (Å²) in [5.41, 5.74) is 3.79. The summed E-state index contributed by atoms with van der Waals surface area (Å²) in [7, 11) is 0. The van der Waals surface area contributed by atoms with Gasteiger partial charge in [-0.15, -0.1) is 11.6 Å². The predicted octanol–water partition coefficient (Wildman–Crippen LogP) is 2.95. The van der Waals surface area contributed by atoms with E-state index in [4.69, 9.17) is 11.6 Å². The van der Waals surface area contributed by atoms with E-state index in [1.165, 1.54) is 25.1 Å². The van der Waals surface area contributed by atoms with E-state index in [0.29, 0.717) is 21.3 Å². The lowest BCUT2D eigenvalue weighted by Gasteiger charge is -2.44. The van der Waals surface area contributed by atoms with Crippen molar-refractivity contribution in [3.8, 4) is 5.75 Å². The number of carbonyl (C=O) groups is 3. The van der Waals surface area contributed by atoms with Crippen molar-refractivity contribution in [2.45, 2.75) is 18.3 Å². The molecule has 0 unspecified atom stereocenters. The molecule has 3 rings (SSSR count). The Bertz CT molecular complexity index is 919. The van der Waals surface area contributed by atoms with E-state index in [1.807, 2.05) is 0 Å². The van der Waals surface area contributed by atoms with Gasteiger partial charge in [0, 0.05) is 28.2 Å². The van der Waals surface area contributed by atoms with Crippen LogP contribution in [0.1, 0.15) is 28.9 Å². The molecule has 0 bridgehead atoms. The number of halogens is 2. The quantitative estimate of drug-likeness (QED) is 0.491. The Labute approximate surface area is 168 Å². The van der Waals surface area contributed by atoms with Gasteiger partial charge in [0.05, 0.1) is 0 Å². The largest absolute Gasteiger partial charge is 0.508 e. The summed E-state index contributed by atoms with van der Waals surface area (Å²) in [5.74, 6) is -1.23. The number of aromatic hydroxyl groups is 1. The minimum absolute atomic E-state index is 0.0275. The zero-order valence-electron chi connectivity index (χ0n) is 14.1. The molecule has 1 heterocycles. The third-order valence-corrected chi connectivity index (χ3v) is 4.95. The minimum Gasteiger partial charge on any atom is -0.508 e. The van der Waals surface area contributed by atoms with Crippen LogP contribution in [-0.2, 0) is 9.59 Å². The number of carbonyl (C=O) groups excluding carboxylic acids is 3. The first-order valence-corrected chi connectivity index (χ1v) is 9.15. The number of alkyl halides is 1. The number of phenolic OH excluding ortho intramolecular Hbond substituents is 1. The molecule has 140 valence electrons. The molecule has 27 heavy (non-hydrogen) atoms. The standard InChI is InChI=1S/C18H15BrClN3O4/c1-9(24)21-12-5-2-10(3-6-12)17(26)22-23-16(15(20)18(23)27)13-8-11(19)4-7-14(13)25/h2-8,15-16,25H,1H3,(H,21,24)(H,22,26)/t15-,16+/m0/s1. The van der Waals surface area contributed by atoms with Crippen molar-refractivity contribution in [3.05, 3.63) is 58.1 Å². The molecule has 0 aromatic heterocycles. The second-order valence-corrected chi connectivity index (χ2v) is 7.34. The molecule has 1 aliphatic heterocycles. The Morgan fingerprint density at radius 3 is 2.48 bits per heavy atom. The smallest absolute Gasteiger partial charge is 0.269 e. The lowest BCUT2D eigenvalue weighted by Crippen LogP contribution is -2.63. The van der Waals surface area contributed by atoms with Crippen molar-refractivity contribution in [1.29, 1.82) is 0 Å². The SMILES string of the molecule is CC(=O)Nc1ccc(C(=O)NN2C(=O)[C@@H](Cl)[C@H]2c2cc(Br)ccc2O)cc1. The van der Waals surface area contributed by atoms with Gasteiger partial charge in [-0.05, 0) is 42.5 Å². The Kier molecular flexibility index (Phi) is 5.38. The lowest BCUT2D eigenvalue weighted by molar-refractivity contribution is -0.149. The van der Waals surface area contributed by atoms with Gasteiger partial charge in [-0.1, -0.05) is 15.9 Å². The molecule has 0 aliphatic carbocycles. The summed E-state index contributed by atoms with van der Waals surface area (Å²) in [6.07, 6.45) is 0. The number of hydrazine groups is 1. The summed E-state index contributed by atoms with van der Waals surface area (Å²) in [6.45, 7) is 1.39. The van der Waals surface area contributed by atoms with Crippen LogP contribution in [-0.4, -0.2) is 33.2 Å². The predicted molar refractivity (Wildman–Crippen MR) is 103 cm³/mol. The first kappa shape index (κ1) is 19.2. The molecule has 1 aliphatic rings. The highest BCUT2D eigenvalue weighted by Crippen LogP contribution is 2.41. The fraction of sp³-hybridized carbons (Fsp3) is 0.167. The van der Waals surface area contributed by atoms with Crippen LogP contribution in [0.15, 0.2) is 46.9 Å². The van der Waals surface area contributed by atoms with Gasteiger partial charge in [-0.2, -0.15) is 0 Å². The number of amides is 3. The van der Waals surface area contributed by atoms with Gasteiger partial charge in [0.25, 0.3) is 11.8 Å². The molecular weight excluding hydrogens is 438 g/mol. The van der Waals surface area contributed by atoms with Crippen LogP contribution >= 0.6 is 27.5 Å². The van der Waals surface area contributed by atoms with Crippen LogP contribution in [0.25, 0.3) is 0 Å². The number of nitrogens with one attached hydrogen (secondary N) is 2. The van der Waals surface area contributed by atoms with Crippen molar-refractivity contribution in [2.24, 2.45) is 0 Å². The zero-order chi connectivity index (χ0) is 19.7. The van der Waals surface area contributed by atoms with E-state index in [2.05, 4.69) is 26.7 Å². The second-order valence-electron chi connectivity index (χ2n) is 5.96. The molecule has 0 spiro atoms. The van der Waals surface area contributed by atoms with Crippen molar-refractivity contribution >= 4 is 50.9 Å². The molecule has 3 amide bonds. The van der Waals surface area contributed by atoms with Crippen LogP contribution in [0.4, 0.5) is 5.69 Å². The van der Waals surface area contributed by atoms with Crippen molar-refractivity contribution < 1.29 is 19.5 Å². The second kappa shape index (κ2) is 7.58. The first-order chi connectivity index (χ1) is 12.8. The van der Waals surface area contributed by atoms with E-state index in [9.17, 15) is 19.5 Å². The number of phenols is 1. The molecule has 3 N–H and O–H groups in total. The highest BCUT2D eigenvalue weighted by molar-refractivity contribution is 9.10. The van der Waals surface area contributed by atoms with Crippen LogP contribution in [0, 0.1) is 0 Å². The van der Waals surface area contributed by atoms with Gasteiger partial charge in [-0.25, -0.2) is 5.01 Å². The number of anilines is 1. The molecule has 2 atom stereocenters. The lowest BCUT2D eigenvalue weighted by atomic mass is 9.94. The maximum atomic E-state index is 12.5. The molecule has 7 nitrogen and oxygen atoms in total. The average Bonchev–Trinajstić information content (AvgIpc) is 2.63. The molecule has 2 aromatic carbocycles. The van der Waals surface area contributed by atoms with Crippen LogP contribution in [0.2, 0.25) is 0 Å². The van der Waals surface area contributed by atoms with Crippen molar-refractivity contribution in [2.75, 3.05) is 5.32 Å². The normalized spacial score (nSPS) is 18.6. The number of hydrogen-bond donors (Lipinski definition) is 3. The van der Waals surface area contributed by atoms with Gasteiger partial charge < -0.3 is 10.4 Å². The third-order valence-electron chi connectivity index (χ3n) is 4.03. The summed E-state index contributed by atoms with van der Waals surface area (Å²) in [6, 6.07) is 10.3. The summed E-state index contributed by atoms with van der Waals surface area (Å²) in [4.78, 5) is 35.6. The highest BCUT2D eigenvalue weighted by Gasteiger charge is 2.49. The minimum atomic E-state index is -0.896. The van der Waals surface area contributed by atoms with Crippen LogP contribution in [0.3, 0.4) is 0 Å². The van der Waals surface area contributed by atoms with E-state index >= 15 is 0 Å². The monoisotopic (exact) mass is 451 g/mol. The maximum absolute atomic E-state index is 12.5.